The maximum absolute atomic E-state index is 12.8. The van der Waals surface area contributed by atoms with Crippen LogP contribution in [0, 0.1) is 0 Å². The van der Waals surface area contributed by atoms with Crippen LogP contribution in [0.2, 0.25) is 0 Å². The Hall–Kier alpha value is -3.15. The number of imidazole rings is 1. The van der Waals surface area contributed by atoms with Crippen molar-refractivity contribution in [2.24, 2.45) is 0 Å². The van der Waals surface area contributed by atoms with Gasteiger partial charge in [-0.15, -0.1) is 0 Å². The van der Waals surface area contributed by atoms with E-state index >= 15 is 0 Å². The number of para-hydroxylation sites is 3. The molecule has 1 aromatic heterocycles. The zero-order valence-corrected chi connectivity index (χ0v) is 14.1. The van der Waals surface area contributed by atoms with Crippen LogP contribution < -0.4 is 4.90 Å². The van der Waals surface area contributed by atoms with E-state index in [9.17, 15) is 14.7 Å². The van der Waals surface area contributed by atoms with Gasteiger partial charge in [0.15, 0.2) is 0 Å². The predicted octanol–water partition coefficient (Wildman–Crippen LogP) is 3.36. The summed E-state index contributed by atoms with van der Waals surface area (Å²) in [6.45, 7) is 0. The van der Waals surface area contributed by atoms with Crippen LogP contribution in [0.3, 0.4) is 0 Å². The molecule has 0 aliphatic carbocycles. The average Bonchev–Trinajstić information content (AvgIpc) is 3.20. The van der Waals surface area contributed by atoms with Gasteiger partial charge in [-0.05, 0) is 30.7 Å². The first kappa shape index (κ1) is 15.1. The maximum Gasteiger partial charge on any atom is 0.303 e. The number of amides is 1. The standard InChI is InChI=1S/C20H17N3O3/c24-17-9-11-20(12-10-18(25)26)22(17)15-7-3-1-5-13(15)19-21-14-6-2-4-8-16(14)23(19)20/h1-8H,9-12H2,(H,25,26)/t20-/m0/s1. The molecule has 1 N–H and O–H groups in total. The van der Waals surface area contributed by atoms with Crippen molar-refractivity contribution in [2.75, 3.05) is 4.90 Å². The summed E-state index contributed by atoms with van der Waals surface area (Å²) in [7, 11) is 0. The summed E-state index contributed by atoms with van der Waals surface area (Å²) in [5.74, 6) is -0.0205. The van der Waals surface area contributed by atoms with Crippen molar-refractivity contribution in [2.45, 2.75) is 31.3 Å². The van der Waals surface area contributed by atoms with Crippen molar-refractivity contribution in [3.63, 3.8) is 0 Å². The van der Waals surface area contributed by atoms with Crippen molar-refractivity contribution >= 4 is 28.6 Å². The smallest absolute Gasteiger partial charge is 0.303 e. The van der Waals surface area contributed by atoms with Gasteiger partial charge in [-0.25, -0.2) is 4.98 Å². The Morgan fingerprint density at radius 3 is 2.77 bits per heavy atom. The minimum atomic E-state index is -0.858. The summed E-state index contributed by atoms with van der Waals surface area (Å²) >= 11 is 0. The van der Waals surface area contributed by atoms with Crippen molar-refractivity contribution in [1.82, 2.24) is 9.55 Å². The summed E-state index contributed by atoms with van der Waals surface area (Å²) in [5, 5.41) is 9.31. The van der Waals surface area contributed by atoms with Crippen LogP contribution in [0.15, 0.2) is 48.5 Å². The van der Waals surface area contributed by atoms with E-state index in [4.69, 9.17) is 4.98 Å². The minimum Gasteiger partial charge on any atom is -0.481 e. The number of anilines is 1. The van der Waals surface area contributed by atoms with E-state index in [-0.39, 0.29) is 12.3 Å². The largest absolute Gasteiger partial charge is 0.481 e. The second-order valence-corrected chi connectivity index (χ2v) is 6.88. The highest BCUT2D eigenvalue weighted by molar-refractivity contribution is 6.03. The van der Waals surface area contributed by atoms with E-state index in [0.29, 0.717) is 19.3 Å². The molecular weight excluding hydrogens is 330 g/mol. The van der Waals surface area contributed by atoms with Gasteiger partial charge in [0.2, 0.25) is 5.91 Å². The van der Waals surface area contributed by atoms with Crippen LogP contribution in [0.4, 0.5) is 5.69 Å². The molecule has 2 aliphatic heterocycles. The summed E-state index contributed by atoms with van der Waals surface area (Å²) in [4.78, 5) is 30.8. The van der Waals surface area contributed by atoms with Gasteiger partial charge < -0.3 is 5.11 Å². The lowest BCUT2D eigenvalue weighted by Crippen LogP contribution is -2.51. The number of fused-ring (bicyclic) bond motifs is 8. The lowest BCUT2D eigenvalue weighted by molar-refractivity contribution is -0.137. The first-order valence-electron chi connectivity index (χ1n) is 8.74. The van der Waals surface area contributed by atoms with Gasteiger partial charge in [-0.2, -0.15) is 0 Å². The molecular formula is C20H17N3O3. The molecule has 0 bridgehead atoms. The first-order valence-corrected chi connectivity index (χ1v) is 8.74. The van der Waals surface area contributed by atoms with Crippen LogP contribution in [0.5, 0.6) is 0 Å². The molecule has 6 nitrogen and oxygen atoms in total. The van der Waals surface area contributed by atoms with Crippen molar-refractivity contribution in [3.05, 3.63) is 48.5 Å². The van der Waals surface area contributed by atoms with Crippen LogP contribution in [0.1, 0.15) is 25.7 Å². The molecule has 26 heavy (non-hydrogen) atoms. The number of nitrogens with zero attached hydrogens (tertiary/aromatic N) is 3. The molecule has 1 atom stereocenters. The molecule has 0 unspecified atom stereocenters. The van der Waals surface area contributed by atoms with Gasteiger partial charge in [0.1, 0.15) is 11.5 Å². The minimum absolute atomic E-state index is 0.00209. The van der Waals surface area contributed by atoms with Gasteiger partial charge in [-0.3, -0.25) is 19.1 Å². The van der Waals surface area contributed by atoms with E-state index < -0.39 is 11.6 Å². The fraction of sp³-hybridized carbons (Fsp3) is 0.250. The van der Waals surface area contributed by atoms with Crippen LogP contribution in [-0.2, 0) is 15.3 Å². The molecule has 3 heterocycles. The fourth-order valence-corrected chi connectivity index (χ4v) is 4.47. The first-order chi connectivity index (χ1) is 12.6. The number of carboxylic acid groups (broad SMARTS) is 1. The number of rotatable bonds is 3. The van der Waals surface area contributed by atoms with Crippen LogP contribution >= 0.6 is 0 Å². The van der Waals surface area contributed by atoms with E-state index in [1.165, 1.54) is 0 Å². The SMILES string of the molecule is O=C(O)CC[C@@]12CCC(=O)N1c1ccccc1-c1nc3ccccc3n12. The monoisotopic (exact) mass is 347 g/mol. The Morgan fingerprint density at radius 2 is 1.92 bits per heavy atom. The van der Waals surface area contributed by atoms with Gasteiger partial charge in [0, 0.05) is 24.8 Å². The van der Waals surface area contributed by atoms with Crippen molar-refractivity contribution in [3.8, 4) is 11.4 Å². The molecule has 0 saturated carbocycles. The van der Waals surface area contributed by atoms with Crippen LogP contribution in [0.25, 0.3) is 22.4 Å². The third-order valence-electron chi connectivity index (χ3n) is 5.51. The van der Waals surface area contributed by atoms with Gasteiger partial charge in [-0.1, -0.05) is 24.3 Å². The Balaban J connectivity index is 1.87. The summed E-state index contributed by atoms with van der Waals surface area (Å²) in [6.07, 6.45) is 1.34. The quantitative estimate of drug-likeness (QED) is 0.788. The number of carboxylic acids is 1. The molecule has 6 heteroatoms. The average molecular weight is 347 g/mol. The number of hydrogen-bond acceptors (Lipinski definition) is 3. The summed E-state index contributed by atoms with van der Waals surface area (Å²) < 4.78 is 2.10. The van der Waals surface area contributed by atoms with Gasteiger partial charge >= 0.3 is 5.97 Å². The predicted molar refractivity (Wildman–Crippen MR) is 96.7 cm³/mol. The number of aromatic nitrogens is 2. The Kier molecular flexibility index (Phi) is 3.01. The Bertz CT molecular complexity index is 1070. The third-order valence-corrected chi connectivity index (χ3v) is 5.51. The number of benzene rings is 2. The highest BCUT2D eigenvalue weighted by Crippen LogP contribution is 2.52. The molecule has 5 rings (SSSR count). The summed E-state index contributed by atoms with van der Waals surface area (Å²) in [5.41, 5.74) is 2.80. The van der Waals surface area contributed by atoms with E-state index in [1.54, 1.807) is 0 Å². The highest BCUT2D eigenvalue weighted by Gasteiger charge is 2.52. The normalized spacial score (nSPS) is 20.8. The highest BCUT2D eigenvalue weighted by atomic mass is 16.4. The molecule has 0 radical (unpaired) electrons. The second-order valence-electron chi connectivity index (χ2n) is 6.88. The topological polar surface area (TPSA) is 75.4 Å². The lowest BCUT2D eigenvalue weighted by Gasteiger charge is -2.44. The van der Waals surface area contributed by atoms with E-state index in [0.717, 1.165) is 28.1 Å². The van der Waals surface area contributed by atoms with E-state index in [1.807, 2.05) is 53.4 Å². The molecule has 2 aromatic carbocycles. The lowest BCUT2D eigenvalue weighted by atomic mass is 9.94. The van der Waals surface area contributed by atoms with Crippen LogP contribution in [-0.4, -0.2) is 26.5 Å². The number of hydrogen-bond donors (Lipinski definition) is 1. The molecule has 1 saturated heterocycles. The molecule has 1 fully saturated rings. The van der Waals surface area contributed by atoms with Crippen molar-refractivity contribution < 1.29 is 14.7 Å². The number of carbonyl (C=O) groups excluding carboxylic acids is 1. The third kappa shape index (κ3) is 1.84. The van der Waals surface area contributed by atoms with Crippen molar-refractivity contribution in [1.29, 1.82) is 0 Å². The zero-order valence-electron chi connectivity index (χ0n) is 14.1. The molecule has 130 valence electrons. The molecule has 0 spiro atoms. The summed E-state index contributed by atoms with van der Waals surface area (Å²) in [6, 6.07) is 15.6. The Morgan fingerprint density at radius 1 is 1.15 bits per heavy atom. The molecule has 1 amide bonds. The maximum atomic E-state index is 12.8. The molecule has 3 aromatic rings. The Labute approximate surface area is 149 Å². The van der Waals surface area contributed by atoms with E-state index in [2.05, 4.69) is 4.57 Å². The molecule has 2 aliphatic rings. The fourth-order valence-electron chi connectivity index (χ4n) is 4.47. The number of aliphatic carboxylic acids is 1. The second kappa shape index (κ2) is 5.17. The zero-order chi connectivity index (χ0) is 17.9. The van der Waals surface area contributed by atoms with Gasteiger partial charge in [0.25, 0.3) is 0 Å². The van der Waals surface area contributed by atoms with Gasteiger partial charge in [0.05, 0.1) is 16.7 Å². The number of carbonyl (C=O) groups is 2.